The summed E-state index contributed by atoms with van der Waals surface area (Å²) in [6, 6.07) is 7.63. The fourth-order valence-electron chi connectivity index (χ4n) is 2.56. The topological polar surface area (TPSA) is 69.0 Å². The maximum absolute atomic E-state index is 12.1. The molecule has 1 N–H and O–H groups in total. The summed E-state index contributed by atoms with van der Waals surface area (Å²) in [6.45, 7) is 2.95. The standard InChI is InChI=1S/C14H18N4O2/c1-10(13-7-4-8-20-13)15-14(19)9-18-12-6-3-2-5-11(12)16-17-18/h2-3,5-6,10,13H,4,7-9H2,1H3,(H,15,19)/t10-,13-/m1/s1. The van der Waals surface area contributed by atoms with Crippen molar-refractivity contribution in [3.8, 4) is 0 Å². The van der Waals surface area contributed by atoms with Crippen LogP contribution < -0.4 is 5.32 Å². The first kappa shape index (κ1) is 13.1. The first-order valence-corrected chi connectivity index (χ1v) is 6.93. The number of aromatic nitrogens is 3. The van der Waals surface area contributed by atoms with Gasteiger partial charge in [0.15, 0.2) is 0 Å². The summed E-state index contributed by atoms with van der Waals surface area (Å²) in [4.78, 5) is 12.1. The monoisotopic (exact) mass is 274 g/mol. The molecule has 6 heteroatoms. The van der Waals surface area contributed by atoms with Crippen LogP contribution in [0.4, 0.5) is 0 Å². The van der Waals surface area contributed by atoms with Gasteiger partial charge in [0.2, 0.25) is 5.91 Å². The van der Waals surface area contributed by atoms with E-state index in [1.165, 1.54) is 0 Å². The molecule has 1 aliphatic rings. The van der Waals surface area contributed by atoms with E-state index in [9.17, 15) is 4.79 Å². The molecule has 2 heterocycles. The molecule has 0 bridgehead atoms. The minimum Gasteiger partial charge on any atom is -0.376 e. The molecule has 6 nitrogen and oxygen atoms in total. The zero-order valence-electron chi connectivity index (χ0n) is 11.5. The molecule has 1 saturated heterocycles. The number of amides is 1. The lowest BCUT2D eigenvalue weighted by molar-refractivity contribution is -0.123. The number of para-hydroxylation sites is 1. The van der Waals surface area contributed by atoms with E-state index in [-0.39, 0.29) is 24.6 Å². The van der Waals surface area contributed by atoms with Crippen LogP contribution in [0.15, 0.2) is 24.3 Å². The highest BCUT2D eigenvalue weighted by Gasteiger charge is 2.23. The van der Waals surface area contributed by atoms with Gasteiger partial charge in [0.1, 0.15) is 12.1 Å². The van der Waals surface area contributed by atoms with Crippen LogP contribution in [0.25, 0.3) is 11.0 Å². The van der Waals surface area contributed by atoms with Crippen LogP contribution >= 0.6 is 0 Å². The van der Waals surface area contributed by atoms with Crippen molar-refractivity contribution in [1.82, 2.24) is 20.3 Å². The summed E-state index contributed by atoms with van der Waals surface area (Å²) >= 11 is 0. The van der Waals surface area contributed by atoms with Gasteiger partial charge in [-0.3, -0.25) is 4.79 Å². The van der Waals surface area contributed by atoms with Crippen LogP contribution in [0.1, 0.15) is 19.8 Å². The van der Waals surface area contributed by atoms with Crippen molar-refractivity contribution in [2.24, 2.45) is 0 Å². The highest BCUT2D eigenvalue weighted by molar-refractivity contribution is 5.79. The van der Waals surface area contributed by atoms with Gasteiger partial charge in [-0.05, 0) is 31.9 Å². The highest BCUT2D eigenvalue weighted by atomic mass is 16.5. The Balaban J connectivity index is 1.63. The Morgan fingerprint density at radius 1 is 1.55 bits per heavy atom. The number of ether oxygens (including phenoxy) is 1. The van der Waals surface area contributed by atoms with Gasteiger partial charge in [-0.15, -0.1) is 5.10 Å². The second-order valence-electron chi connectivity index (χ2n) is 5.14. The maximum Gasteiger partial charge on any atom is 0.242 e. The molecule has 3 rings (SSSR count). The zero-order valence-corrected chi connectivity index (χ0v) is 11.5. The molecule has 0 spiro atoms. The Kier molecular flexibility index (Phi) is 3.64. The number of benzene rings is 1. The summed E-state index contributed by atoms with van der Waals surface area (Å²) in [5.74, 6) is -0.0661. The number of hydrogen-bond acceptors (Lipinski definition) is 4. The molecule has 20 heavy (non-hydrogen) atoms. The normalized spacial score (nSPS) is 20.1. The molecule has 0 unspecified atom stereocenters. The van der Waals surface area contributed by atoms with Crippen LogP contribution in [0.5, 0.6) is 0 Å². The Morgan fingerprint density at radius 3 is 3.20 bits per heavy atom. The average molecular weight is 274 g/mol. The van der Waals surface area contributed by atoms with Gasteiger partial charge in [0.05, 0.1) is 17.7 Å². The van der Waals surface area contributed by atoms with Gasteiger partial charge in [-0.1, -0.05) is 17.3 Å². The predicted molar refractivity (Wildman–Crippen MR) is 74.1 cm³/mol. The van der Waals surface area contributed by atoms with Crippen molar-refractivity contribution in [2.75, 3.05) is 6.61 Å². The first-order chi connectivity index (χ1) is 9.74. The molecule has 0 aliphatic carbocycles. The number of hydrogen-bond donors (Lipinski definition) is 1. The largest absolute Gasteiger partial charge is 0.376 e. The van der Waals surface area contributed by atoms with Crippen LogP contribution in [0.3, 0.4) is 0 Å². The third-order valence-corrected chi connectivity index (χ3v) is 3.62. The smallest absolute Gasteiger partial charge is 0.242 e. The molecule has 1 fully saturated rings. The lowest BCUT2D eigenvalue weighted by Crippen LogP contribution is -2.42. The van der Waals surface area contributed by atoms with Crippen LogP contribution in [0.2, 0.25) is 0 Å². The number of nitrogens with zero attached hydrogens (tertiary/aromatic N) is 3. The SMILES string of the molecule is C[C@@H](NC(=O)Cn1nnc2ccccc21)[C@H]1CCCO1. The fraction of sp³-hybridized carbons (Fsp3) is 0.500. The lowest BCUT2D eigenvalue weighted by atomic mass is 10.1. The van der Waals surface area contributed by atoms with E-state index in [4.69, 9.17) is 4.74 Å². The Hall–Kier alpha value is -1.95. The second kappa shape index (κ2) is 5.58. The van der Waals surface area contributed by atoms with Crippen molar-refractivity contribution >= 4 is 16.9 Å². The molecular formula is C14H18N4O2. The molecule has 2 atom stereocenters. The minimum absolute atomic E-state index is 0.0276. The van der Waals surface area contributed by atoms with Crippen molar-refractivity contribution < 1.29 is 9.53 Å². The van der Waals surface area contributed by atoms with Gasteiger partial charge in [0.25, 0.3) is 0 Å². The van der Waals surface area contributed by atoms with E-state index in [2.05, 4.69) is 15.6 Å². The van der Waals surface area contributed by atoms with Crippen LogP contribution in [-0.4, -0.2) is 39.7 Å². The number of carbonyl (C=O) groups is 1. The summed E-state index contributed by atoms with van der Waals surface area (Å²) in [7, 11) is 0. The first-order valence-electron chi connectivity index (χ1n) is 6.93. The van der Waals surface area contributed by atoms with Gasteiger partial charge < -0.3 is 10.1 Å². The molecule has 1 aromatic heterocycles. The summed E-state index contributed by atoms with van der Waals surface area (Å²) < 4.78 is 7.19. The van der Waals surface area contributed by atoms with Crippen LogP contribution in [0, 0.1) is 0 Å². The average Bonchev–Trinajstić information content (AvgIpc) is 3.09. The number of carbonyl (C=O) groups excluding carboxylic acids is 1. The Labute approximate surface area is 117 Å². The molecule has 1 aliphatic heterocycles. The van der Waals surface area contributed by atoms with Gasteiger partial charge in [-0.2, -0.15) is 0 Å². The summed E-state index contributed by atoms with van der Waals surface area (Å²) in [5, 5.41) is 11.0. The Morgan fingerprint density at radius 2 is 2.40 bits per heavy atom. The number of rotatable bonds is 4. The molecule has 0 radical (unpaired) electrons. The molecule has 1 amide bonds. The fourth-order valence-corrected chi connectivity index (χ4v) is 2.56. The van der Waals surface area contributed by atoms with Crippen molar-refractivity contribution in [3.05, 3.63) is 24.3 Å². The van der Waals surface area contributed by atoms with Gasteiger partial charge in [-0.25, -0.2) is 4.68 Å². The molecule has 106 valence electrons. The lowest BCUT2D eigenvalue weighted by Gasteiger charge is -2.19. The van der Waals surface area contributed by atoms with Gasteiger partial charge in [0, 0.05) is 6.61 Å². The second-order valence-corrected chi connectivity index (χ2v) is 5.14. The maximum atomic E-state index is 12.1. The zero-order chi connectivity index (χ0) is 13.9. The summed E-state index contributed by atoms with van der Waals surface area (Å²) in [5.41, 5.74) is 1.67. The van der Waals surface area contributed by atoms with Gasteiger partial charge >= 0.3 is 0 Å². The molecule has 1 aromatic carbocycles. The van der Waals surface area contributed by atoms with E-state index in [1.54, 1.807) is 4.68 Å². The third kappa shape index (κ3) is 2.65. The van der Waals surface area contributed by atoms with Crippen molar-refractivity contribution in [1.29, 1.82) is 0 Å². The Bertz CT molecular complexity index is 604. The number of fused-ring (bicyclic) bond motifs is 1. The highest BCUT2D eigenvalue weighted by Crippen LogP contribution is 2.15. The van der Waals surface area contributed by atoms with E-state index >= 15 is 0 Å². The minimum atomic E-state index is -0.0661. The van der Waals surface area contributed by atoms with E-state index in [0.717, 1.165) is 30.5 Å². The van der Waals surface area contributed by atoms with E-state index < -0.39 is 0 Å². The summed E-state index contributed by atoms with van der Waals surface area (Å²) in [6.07, 6.45) is 2.21. The van der Waals surface area contributed by atoms with E-state index in [1.807, 2.05) is 31.2 Å². The quantitative estimate of drug-likeness (QED) is 0.907. The van der Waals surface area contributed by atoms with Crippen molar-refractivity contribution in [2.45, 2.75) is 38.5 Å². The van der Waals surface area contributed by atoms with E-state index in [0.29, 0.717) is 0 Å². The molecule has 2 aromatic rings. The molecule has 0 saturated carbocycles. The number of nitrogens with one attached hydrogen (secondary N) is 1. The van der Waals surface area contributed by atoms with Crippen LogP contribution in [-0.2, 0) is 16.1 Å². The third-order valence-electron chi connectivity index (χ3n) is 3.62. The predicted octanol–water partition coefficient (Wildman–Crippen LogP) is 1.11. The van der Waals surface area contributed by atoms with Crippen molar-refractivity contribution in [3.63, 3.8) is 0 Å². The molecular weight excluding hydrogens is 256 g/mol.